The van der Waals surface area contributed by atoms with Gasteiger partial charge in [0.2, 0.25) is 12.3 Å². The Hall–Kier alpha value is -2.68. The molecule has 0 amide bonds. The Kier molecular flexibility index (Phi) is 3.65. The van der Waals surface area contributed by atoms with E-state index in [2.05, 4.69) is 0 Å². The Balaban J connectivity index is 1.99. The standard InChI is InChI=1S/C18H16NO2/c1-21-18-16-10-6-5-7-14(16)11-12-19(18)13-17(20)15-8-3-2-4-9-15/h2-12H,13H2,1H3/q+1. The van der Waals surface area contributed by atoms with Crippen LogP contribution in [0.5, 0.6) is 5.88 Å². The number of hydrogen-bond acceptors (Lipinski definition) is 2. The van der Waals surface area contributed by atoms with E-state index in [0.29, 0.717) is 11.4 Å². The van der Waals surface area contributed by atoms with E-state index in [1.54, 1.807) is 7.11 Å². The summed E-state index contributed by atoms with van der Waals surface area (Å²) in [7, 11) is 1.63. The van der Waals surface area contributed by atoms with Crippen LogP contribution in [0, 0.1) is 0 Å². The summed E-state index contributed by atoms with van der Waals surface area (Å²) in [5.41, 5.74) is 0.709. The Morgan fingerprint density at radius 1 is 1.00 bits per heavy atom. The fourth-order valence-corrected chi connectivity index (χ4v) is 2.45. The molecule has 0 atom stereocenters. The van der Waals surface area contributed by atoms with Crippen LogP contribution in [-0.2, 0) is 6.54 Å². The highest BCUT2D eigenvalue weighted by molar-refractivity contribution is 5.95. The van der Waals surface area contributed by atoms with E-state index < -0.39 is 0 Å². The van der Waals surface area contributed by atoms with Gasteiger partial charge in [-0.2, -0.15) is 4.57 Å². The molecule has 104 valence electrons. The summed E-state index contributed by atoms with van der Waals surface area (Å²) in [6.07, 6.45) is 1.89. The van der Waals surface area contributed by atoms with Crippen LogP contribution in [0.1, 0.15) is 10.4 Å². The highest BCUT2D eigenvalue weighted by atomic mass is 16.5. The number of carbonyl (C=O) groups is 1. The van der Waals surface area contributed by atoms with Gasteiger partial charge in [0.25, 0.3) is 0 Å². The first-order valence-corrected chi connectivity index (χ1v) is 6.83. The minimum absolute atomic E-state index is 0.0641. The number of ketones is 1. The molecule has 0 aliphatic rings. The summed E-state index contributed by atoms with van der Waals surface area (Å²) in [5, 5.41) is 2.10. The van der Waals surface area contributed by atoms with Crippen LogP contribution >= 0.6 is 0 Å². The number of fused-ring (bicyclic) bond motifs is 1. The average molecular weight is 278 g/mol. The lowest BCUT2D eigenvalue weighted by Crippen LogP contribution is -2.39. The molecule has 0 aliphatic heterocycles. The maximum absolute atomic E-state index is 12.3. The Labute approximate surface area is 123 Å². The van der Waals surface area contributed by atoms with E-state index in [-0.39, 0.29) is 12.3 Å². The zero-order valence-electron chi connectivity index (χ0n) is 11.8. The van der Waals surface area contributed by atoms with Gasteiger partial charge in [0.05, 0.1) is 12.5 Å². The Morgan fingerprint density at radius 3 is 2.48 bits per heavy atom. The minimum atomic E-state index is 0.0641. The molecule has 0 saturated heterocycles. The van der Waals surface area contributed by atoms with E-state index in [1.807, 2.05) is 71.4 Å². The van der Waals surface area contributed by atoms with Gasteiger partial charge in [-0.05, 0) is 11.5 Å². The fourth-order valence-electron chi connectivity index (χ4n) is 2.45. The van der Waals surface area contributed by atoms with E-state index >= 15 is 0 Å². The van der Waals surface area contributed by atoms with Crippen LogP contribution in [0.4, 0.5) is 0 Å². The monoisotopic (exact) mass is 278 g/mol. The number of aromatic nitrogens is 1. The van der Waals surface area contributed by atoms with Gasteiger partial charge < -0.3 is 4.74 Å². The highest BCUT2D eigenvalue weighted by Crippen LogP contribution is 2.21. The fraction of sp³-hybridized carbons (Fsp3) is 0.111. The van der Waals surface area contributed by atoms with Gasteiger partial charge in [0, 0.05) is 11.6 Å². The van der Waals surface area contributed by atoms with E-state index in [4.69, 9.17) is 4.74 Å². The van der Waals surface area contributed by atoms with Crippen molar-refractivity contribution in [3.63, 3.8) is 0 Å². The molecule has 1 heterocycles. The van der Waals surface area contributed by atoms with Crippen molar-refractivity contribution in [2.45, 2.75) is 6.54 Å². The summed E-state index contributed by atoms with van der Waals surface area (Å²) >= 11 is 0. The Morgan fingerprint density at radius 2 is 1.71 bits per heavy atom. The van der Waals surface area contributed by atoms with Crippen LogP contribution in [0.2, 0.25) is 0 Å². The molecule has 0 N–H and O–H groups in total. The van der Waals surface area contributed by atoms with Gasteiger partial charge in [-0.15, -0.1) is 0 Å². The van der Waals surface area contributed by atoms with E-state index in [0.717, 1.165) is 10.8 Å². The van der Waals surface area contributed by atoms with Crippen molar-refractivity contribution < 1.29 is 14.1 Å². The van der Waals surface area contributed by atoms with Crippen molar-refractivity contribution in [1.82, 2.24) is 0 Å². The molecule has 3 aromatic rings. The van der Waals surface area contributed by atoms with Crippen LogP contribution in [-0.4, -0.2) is 12.9 Å². The van der Waals surface area contributed by atoms with Crippen molar-refractivity contribution in [2.24, 2.45) is 0 Å². The number of nitrogens with zero attached hydrogens (tertiary/aromatic N) is 1. The predicted octanol–water partition coefficient (Wildman–Crippen LogP) is 3.02. The number of hydrogen-bond donors (Lipinski definition) is 0. The SMILES string of the molecule is COc1c2ccccc2cc[n+]1CC(=O)c1ccccc1. The zero-order valence-corrected chi connectivity index (χ0v) is 11.8. The second kappa shape index (κ2) is 5.75. The molecule has 3 nitrogen and oxygen atoms in total. The van der Waals surface area contributed by atoms with Crippen molar-refractivity contribution >= 4 is 16.6 Å². The number of carbonyl (C=O) groups excluding carboxylic acids is 1. The number of ether oxygens (including phenoxy) is 1. The third kappa shape index (κ3) is 2.63. The summed E-state index contributed by atoms with van der Waals surface area (Å²) in [4.78, 5) is 12.3. The molecular formula is C18H16NO2+. The molecule has 0 unspecified atom stereocenters. The topological polar surface area (TPSA) is 30.2 Å². The Bertz CT molecular complexity index is 782. The van der Waals surface area contributed by atoms with Crippen molar-refractivity contribution in [3.05, 3.63) is 72.4 Å². The number of benzene rings is 2. The second-order valence-corrected chi connectivity index (χ2v) is 4.83. The van der Waals surface area contributed by atoms with Crippen molar-refractivity contribution in [1.29, 1.82) is 0 Å². The quantitative estimate of drug-likeness (QED) is 0.542. The molecule has 3 heteroatoms. The molecule has 0 aliphatic carbocycles. The van der Waals surface area contributed by atoms with E-state index in [9.17, 15) is 4.79 Å². The average Bonchev–Trinajstić information content (AvgIpc) is 2.55. The third-order valence-electron chi connectivity index (χ3n) is 3.49. The molecule has 1 aromatic heterocycles. The molecule has 0 bridgehead atoms. The molecule has 0 fully saturated rings. The van der Waals surface area contributed by atoms with Gasteiger partial charge in [0.1, 0.15) is 0 Å². The number of pyridine rings is 1. The van der Waals surface area contributed by atoms with Crippen LogP contribution in [0.3, 0.4) is 0 Å². The van der Waals surface area contributed by atoms with E-state index in [1.165, 1.54) is 0 Å². The highest BCUT2D eigenvalue weighted by Gasteiger charge is 2.19. The molecule has 0 spiro atoms. The lowest BCUT2D eigenvalue weighted by molar-refractivity contribution is -0.686. The van der Waals surface area contributed by atoms with Gasteiger partial charge in [-0.3, -0.25) is 4.79 Å². The first kappa shape index (κ1) is 13.3. The second-order valence-electron chi connectivity index (χ2n) is 4.83. The molecule has 0 radical (unpaired) electrons. The largest absolute Gasteiger partial charge is 0.447 e. The molecule has 2 aromatic carbocycles. The van der Waals surface area contributed by atoms with Crippen LogP contribution in [0.15, 0.2) is 66.9 Å². The number of Topliss-reactive ketones (excluding diaryl/α,β-unsaturated/α-hetero) is 1. The molecule has 0 saturated carbocycles. The van der Waals surface area contributed by atoms with Gasteiger partial charge in [0.15, 0.2) is 6.20 Å². The first-order valence-electron chi connectivity index (χ1n) is 6.83. The zero-order chi connectivity index (χ0) is 14.7. The molecule has 3 rings (SSSR count). The predicted molar refractivity (Wildman–Crippen MR) is 81.5 cm³/mol. The van der Waals surface area contributed by atoms with Gasteiger partial charge in [-0.25, -0.2) is 0 Å². The summed E-state index contributed by atoms with van der Waals surface area (Å²) in [6, 6.07) is 19.3. The maximum atomic E-state index is 12.3. The normalized spacial score (nSPS) is 10.5. The summed E-state index contributed by atoms with van der Waals surface area (Å²) < 4.78 is 7.35. The van der Waals surface area contributed by atoms with Crippen molar-refractivity contribution in [2.75, 3.05) is 7.11 Å². The summed E-state index contributed by atoms with van der Waals surface area (Å²) in [6.45, 7) is 0.262. The van der Waals surface area contributed by atoms with Crippen LogP contribution in [0.25, 0.3) is 10.8 Å². The lowest BCUT2D eigenvalue weighted by Gasteiger charge is -2.05. The number of rotatable bonds is 4. The molecular weight excluding hydrogens is 262 g/mol. The van der Waals surface area contributed by atoms with Crippen molar-refractivity contribution in [3.8, 4) is 5.88 Å². The van der Waals surface area contributed by atoms with Gasteiger partial charge >= 0.3 is 5.88 Å². The molecule has 21 heavy (non-hydrogen) atoms. The maximum Gasteiger partial charge on any atom is 0.376 e. The lowest BCUT2D eigenvalue weighted by atomic mass is 10.1. The smallest absolute Gasteiger partial charge is 0.376 e. The summed E-state index contributed by atoms with van der Waals surface area (Å²) in [5.74, 6) is 0.770. The minimum Gasteiger partial charge on any atom is -0.447 e. The number of methoxy groups -OCH3 is 1. The van der Waals surface area contributed by atoms with Gasteiger partial charge in [-0.1, -0.05) is 48.5 Å². The third-order valence-corrected chi connectivity index (χ3v) is 3.49. The first-order chi connectivity index (χ1) is 10.3. The van der Waals surface area contributed by atoms with Crippen LogP contribution < -0.4 is 9.30 Å².